The lowest BCUT2D eigenvalue weighted by Crippen LogP contribution is -2.41. The lowest BCUT2D eigenvalue weighted by atomic mass is 10.1. The number of urea groups is 1. The maximum Gasteiger partial charge on any atom is 0.338 e. The van der Waals surface area contributed by atoms with Crippen LogP contribution in [-0.4, -0.2) is 17.3 Å². The van der Waals surface area contributed by atoms with Gasteiger partial charge in [-0.05, 0) is 12.8 Å². The minimum atomic E-state index is -0.554. The quantitative estimate of drug-likeness (QED) is 0.397. The maximum absolute atomic E-state index is 10.5. The molecule has 60 valence electrons. The van der Waals surface area contributed by atoms with Gasteiger partial charge in [-0.15, -0.1) is 0 Å². The van der Waals surface area contributed by atoms with Gasteiger partial charge in [0.25, 0.3) is 0 Å². The van der Waals surface area contributed by atoms with E-state index in [4.69, 9.17) is 5.21 Å². The van der Waals surface area contributed by atoms with Gasteiger partial charge in [0.05, 0.1) is 0 Å². The van der Waals surface area contributed by atoms with Gasteiger partial charge in [-0.2, -0.15) is 0 Å². The molecular formula is C6H14N2O2. The highest BCUT2D eigenvalue weighted by molar-refractivity contribution is 5.72. The van der Waals surface area contributed by atoms with Crippen LogP contribution >= 0.6 is 0 Å². The molecule has 0 radical (unpaired) electrons. The van der Waals surface area contributed by atoms with Crippen molar-refractivity contribution in [3.05, 3.63) is 0 Å². The van der Waals surface area contributed by atoms with E-state index in [-0.39, 0.29) is 6.04 Å². The number of hydrogen-bond acceptors (Lipinski definition) is 2. The summed E-state index contributed by atoms with van der Waals surface area (Å²) in [5.41, 5.74) is 1.50. The van der Waals surface area contributed by atoms with Gasteiger partial charge in [-0.3, -0.25) is 5.21 Å². The fourth-order valence-corrected chi connectivity index (χ4v) is 0.406. The zero-order valence-electron chi connectivity index (χ0n) is 6.51. The molecule has 0 saturated heterocycles. The molecule has 4 nitrogen and oxygen atoms in total. The summed E-state index contributed by atoms with van der Waals surface area (Å²) < 4.78 is 0. The molecule has 4 heteroatoms. The van der Waals surface area contributed by atoms with E-state index >= 15 is 0 Å². The second-order valence-electron chi connectivity index (χ2n) is 2.62. The SMILES string of the molecule is CC(C)C(C)NC(=O)NO. The zero-order chi connectivity index (χ0) is 8.15. The Morgan fingerprint density at radius 2 is 1.90 bits per heavy atom. The van der Waals surface area contributed by atoms with Crippen molar-refractivity contribution in [1.82, 2.24) is 10.8 Å². The minimum absolute atomic E-state index is 0.0761. The Morgan fingerprint density at radius 3 is 2.20 bits per heavy atom. The molecule has 1 unspecified atom stereocenters. The van der Waals surface area contributed by atoms with E-state index < -0.39 is 6.03 Å². The highest BCUT2D eigenvalue weighted by atomic mass is 16.5. The van der Waals surface area contributed by atoms with Crippen molar-refractivity contribution in [3.8, 4) is 0 Å². The molecule has 0 aromatic carbocycles. The normalized spacial score (nSPS) is 12.9. The molecular weight excluding hydrogens is 132 g/mol. The van der Waals surface area contributed by atoms with Crippen molar-refractivity contribution in [2.24, 2.45) is 5.92 Å². The predicted molar refractivity (Wildman–Crippen MR) is 37.8 cm³/mol. The molecule has 10 heavy (non-hydrogen) atoms. The molecule has 0 aliphatic heterocycles. The van der Waals surface area contributed by atoms with Gasteiger partial charge in [0.15, 0.2) is 0 Å². The van der Waals surface area contributed by atoms with Gasteiger partial charge in [0.1, 0.15) is 0 Å². The molecule has 0 aliphatic carbocycles. The number of amides is 2. The third-order valence-electron chi connectivity index (χ3n) is 1.46. The summed E-state index contributed by atoms with van der Waals surface area (Å²) in [6.07, 6.45) is 0. The van der Waals surface area contributed by atoms with Crippen molar-refractivity contribution in [2.45, 2.75) is 26.8 Å². The summed E-state index contributed by atoms with van der Waals surface area (Å²) >= 11 is 0. The number of carbonyl (C=O) groups is 1. The van der Waals surface area contributed by atoms with E-state index in [1.54, 1.807) is 0 Å². The van der Waals surface area contributed by atoms with Crippen LogP contribution in [0.4, 0.5) is 4.79 Å². The van der Waals surface area contributed by atoms with Crippen LogP contribution in [-0.2, 0) is 0 Å². The number of carbonyl (C=O) groups excluding carboxylic acids is 1. The predicted octanol–water partition coefficient (Wildman–Crippen LogP) is 0.719. The lowest BCUT2D eigenvalue weighted by Gasteiger charge is -2.15. The Morgan fingerprint density at radius 1 is 1.40 bits per heavy atom. The van der Waals surface area contributed by atoms with Gasteiger partial charge in [-0.1, -0.05) is 13.8 Å². The Labute approximate surface area is 60.6 Å². The molecule has 0 saturated carbocycles. The van der Waals surface area contributed by atoms with Gasteiger partial charge in [0, 0.05) is 6.04 Å². The fourth-order valence-electron chi connectivity index (χ4n) is 0.406. The van der Waals surface area contributed by atoms with E-state index in [9.17, 15) is 4.79 Å². The van der Waals surface area contributed by atoms with Crippen LogP contribution in [0, 0.1) is 5.92 Å². The van der Waals surface area contributed by atoms with Crippen LogP contribution in [0.3, 0.4) is 0 Å². The Bertz CT molecular complexity index is 114. The lowest BCUT2D eigenvalue weighted by molar-refractivity contribution is 0.157. The number of hydroxylamine groups is 1. The van der Waals surface area contributed by atoms with Crippen molar-refractivity contribution < 1.29 is 10.0 Å². The van der Waals surface area contributed by atoms with E-state index in [0.29, 0.717) is 5.92 Å². The largest absolute Gasteiger partial charge is 0.338 e. The summed E-state index contributed by atoms with van der Waals surface area (Å²) in [5, 5.41) is 10.6. The molecule has 0 spiro atoms. The average molecular weight is 146 g/mol. The third kappa shape index (κ3) is 3.29. The summed E-state index contributed by atoms with van der Waals surface area (Å²) in [5.74, 6) is 0.372. The Balaban J connectivity index is 3.57. The average Bonchev–Trinajstić information content (AvgIpc) is 1.87. The second-order valence-corrected chi connectivity index (χ2v) is 2.62. The first-order valence-electron chi connectivity index (χ1n) is 3.28. The number of nitrogens with one attached hydrogen (secondary N) is 2. The highest BCUT2D eigenvalue weighted by Gasteiger charge is 2.08. The first-order valence-corrected chi connectivity index (χ1v) is 3.28. The molecule has 1 atom stereocenters. The monoisotopic (exact) mass is 146 g/mol. The van der Waals surface area contributed by atoms with Crippen molar-refractivity contribution in [3.63, 3.8) is 0 Å². The first-order chi connectivity index (χ1) is 4.57. The molecule has 0 aromatic rings. The van der Waals surface area contributed by atoms with Crippen LogP contribution in [0.2, 0.25) is 0 Å². The van der Waals surface area contributed by atoms with Gasteiger partial charge in [-0.25, -0.2) is 10.3 Å². The van der Waals surface area contributed by atoms with Crippen molar-refractivity contribution >= 4 is 6.03 Å². The van der Waals surface area contributed by atoms with Crippen LogP contribution in [0.1, 0.15) is 20.8 Å². The number of rotatable bonds is 2. The van der Waals surface area contributed by atoms with E-state index in [2.05, 4.69) is 5.32 Å². The summed E-state index contributed by atoms with van der Waals surface area (Å²) in [6.45, 7) is 5.85. The first kappa shape index (κ1) is 9.23. The van der Waals surface area contributed by atoms with Gasteiger partial charge >= 0.3 is 6.03 Å². The summed E-state index contributed by atoms with van der Waals surface area (Å²) in [4.78, 5) is 10.5. The van der Waals surface area contributed by atoms with E-state index in [1.165, 1.54) is 5.48 Å². The zero-order valence-corrected chi connectivity index (χ0v) is 6.51. The topological polar surface area (TPSA) is 61.4 Å². The van der Waals surface area contributed by atoms with Gasteiger partial charge in [0.2, 0.25) is 0 Å². The maximum atomic E-state index is 10.5. The molecule has 0 fully saturated rings. The Kier molecular flexibility index (Phi) is 3.79. The molecule has 0 heterocycles. The molecule has 2 amide bonds. The van der Waals surface area contributed by atoms with Crippen molar-refractivity contribution in [2.75, 3.05) is 0 Å². The van der Waals surface area contributed by atoms with Crippen LogP contribution in [0.25, 0.3) is 0 Å². The minimum Gasteiger partial charge on any atom is -0.334 e. The molecule has 0 rings (SSSR count). The highest BCUT2D eigenvalue weighted by Crippen LogP contribution is 1.98. The summed E-state index contributed by atoms with van der Waals surface area (Å²) in [7, 11) is 0. The van der Waals surface area contributed by atoms with E-state index in [0.717, 1.165) is 0 Å². The van der Waals surface area contributed by atoms with Crippen molar-refractivity contribution in [1.29, 1.82) is 0 Å². The smallest absolute Gasteiger partial charge is 0.334 e. The van der Waals surface area contributed by atoms with Crippen LogP contribution < -0.4 is 10.8 Å². The molecule has 0 bridgehead atoms. The second kappa shape index (κ2) is 4.11. The molecule has 0 aliphatic rings. The molecule has 3 N–H and O–H groups in total. The Hall–Kier alpha value is -0.770. The van der Waals surface area contributed by atoms with Gasteiger partial charge < -0.3 is 5.32 Å². The summed E-state index contributed by atoms with van der Waals surface area (Å²) in [6, 6.07) is -0.478. The fraction of sp³-hybridized carbons (Fsp3) is 0.833. The van der Waals surface area contributed by atoms with Crippen LogP contribution in [0.5, 0.6) is 0 Å². The standard InChI is InChI=1S/C6H14N2O2/c1-4(2)5(3)7-6(9)8-10/h4-5,10H,1-3H3,(H2,7,8,9). The van der Waals surface area contributed by atoms with E-state index in [1.807, 2.05) is 20.8 Å². The third-order valence-corrected chi connectivity index (χ3v) is 1.46. The van der Waals surface area contributed by atoms with Crippen LogP contribution in [0.15, 0.2) is 0 Å². The molecule has 0 aromatic heterocycles. The number of hydrogen-bond donors (Lipinski definition) is 3.